The van der Waals surface area contributed by atoms with Gasteiger partial charge < -0.3 is 14.5 Å². The summed E-state index contributed by atoms with van der Waals surface area (Å²) in [6.07, 6.45) is 3.99. The molecule has 7 rings (SSSR count). The first kappa shape index (κ1) is 22.1. The van der Waals surface area contributed by atoms with Crippen LogP contribution in [0.2, 0.25) is 0 Å². The van der Waals surface area contributed by atoms with Crippen LogP contribution in [0, 0.1) is 5.92 Å². The number of hydrogen-bond donors (Lipinski definition) is 1. The molecule has 5 heterocycles. The van der Waals surface area contributed by atoms with Gasteiger partial charge in [0.25, 0.3) is 0 Å². The van der Waals surface area contributed by atoms with Gasteiger partial charge in [-0.05, 0) is 25.0 Å². The van der Waals surface area contributed by atoms with Crippen LogP contribution in [0.4, 0.5) is 5.82 Å². The van der Waals surface area contributed by atoms with Crippen LogP contribution in [0.25, 0.3) is 32.5 Å². The molecular weight excluding hydrogens is 474 g/mol. The molecule has 3 fully saturated rings. The molecule has 1 saturated carbocycles. The number of rotatable bonds is 5. The fourth-order valence-corrected chi connectivity index (χ4v) is 6.41. The van der Waals surface area contributed by atoms with E-state index in [1.54, 1.807) is 11.3 Å². The zero-order chi connectivity index (χ0) is 24.1. The van der Waals surface area contributed by atoms with Crippen LogP contribution in [-0.2, 0) is 16.1 Å². The smallest absolute Gasteiger partial charge is 0.225 e. The Morgan fingerprint density at radius 1 is 1.08 bits per heavy atom. The Labute approximate surface area is 213 Å². The van der Waals surface area contributed by atoms with Gasteiger partial charge in [-0.1, -0.05) is 12.1 Å². The summed E-state index contributed by atoms with van der Waals surface area (Å²) in [4.78, 5) is 30.7. The zero-order valence-electron chi connectivity index (χ0n) is 20.2. The van der Waals surface area contributed by atoms with E-state index in [1.807, 2.05) is 18.3 Å². The van der Waals surface area contributed by atoms with E-state index in [0.29, 0.717) is 25.0 Å². The molecule has 9 nitrogen and oxygen atoms in total. The fourth-order valence-electron chi connectivity index (χ4n) is 5.25. The number of anilines is 1. The van der Waals surface area contributed by atoms with Crippen molar-refractivity contribution >= 4 is 44.2 Å². The molecule has 1 aromatic carbocycles. The summed E-state index contributed by atoms with van der Waals surface area (Å²) in [6.45, 7) is 7.44. The number of carbonyl (C=O) groups excluding carboxylic acids is 1. The van der Waals surface area contributed by atoms with E-state index in [2.05, 4.69) is 37.0 Å². The van der Waals surface area contributed by atoms with Crippen molar-refractivity contribution in [3.05, 3.63) is 35.3 Å². The summed E-state index contributed by atoms with van der Waals surface area (Å²) < 4.78 is 6.75. The van der Waals surface area contributed by atoms with Crippen molar-refractivity contribution in [3.8, 4) is 11.4 Å². The number of carbonyl (C=O) groups is 1. The van der Waals surface area contributed by atoms with Gasteiger partial charge in [0.05, 0.1) is 35.1 Å². The second-order valence-corrected chi connectivity index (χ2v) is 11.0. The number of aromatic amines is 1. The molecule has 2 aliphatic heterocycles. The van der Waals surface area contributed by atoms with Crippen molar-refractivity contribution in [2.75, 3.05) is 57.4 Å². The average molecular weight is 504 g/mol. The van der Waals surface area contributed by atoms with Crippen LogP contribution < -0.4 is 4.90 Å². The maximum atomic E-state index is 12.4. The number of thiophene rings is 1. The molecule has 186 valence electrons. The number of fused-ring (bicyclic) bond motifs is 2. The van der Waals surface area contributed by atoms with Crippen LogP contribution in [0.1, 0.15) is 17.7 Å². The number of aromatic nitrogens is 4. The highest BCUT2D eigenvalue weighted by Gasteiger charge is 2.34. The van der Waals surface area contributed by atoms with Gasteiger partial charge >= 0.3 is 0 Å². The van der Waals surface area contributed by atoms with Crippen molar-refractivity contribution < 1.29 is 9.53 Å². The highest BCUT2D eigenvalue weighted by molar-refractivity contribution is 7.19. The van der Waals surface area contributed by atoms with Crippen LogP contribution in [-0.4, -0.2) is 88.4 Å². The molecule has 10 heteroatoms. The van der Waals surface area contributed by atoms with E-state index in [0.717, 1.165) is 97.0 Å². The molecule has 1 amide bonds. The minimum atomic E-state index is 0.304. The Bertz CT molecular complexity index is 1410. The predicted molar refractivity (Wildman–Crippen MR) is 140 cm³/mol. The summed E-state index contributed by atoms with van der Waals surface area (Å²) in [7, 11) is 0. The normalized spacial score (nSPS) is 19.4. The average Bonchev–Trinajstić information content (AvgIpc) is 3.51. The van der Waals surface area contributed by atoms with Crippen molar-refractivity contribution in [3.63, 3.8) is 0 Å². The summed E-state index contributed by atoms with van der Waals surface area (Å²) >= 11 is 1.79. The third-order valence-electron chi connectivity index (χ3n) is 7.43. The Kier molecular flexibility index (Phi) is 5.60. The molecule has 0 spiro atoms. The Hall–Kier alpha value is -3.08. The van der Waals surface area contributed by atoms with E-state index in [-0.39, 0.29) is 0 Å². The van der Waals surface area contributed by atoms with Crippen molar-refractivity contribution in [1.29, 1.82) is 0 Å². The first-order valence-electron chi connectivity index (χ1n) is 12.8. The predicted octanol–water partition coefficient (Wildman–Crippen LogP) is 3.13. The first-order chi connectivity index (χ1) is 17.7. The molecule has 4 aromatic rings. The van der Waals surface area contributed by atoms with Crippen LogP contribution in [0.5, 0.6) is 0 Å². The molecule has 3 aromatic heterocycles. The highest BCUT2D eigenvalue weighted by Crippen LogP contribution is 2.36. The van der Waals surface area contributed by atoms with Gasteiger partial charge in [-0.25, -0.2) is 9.97 Å². The molecule has 0 radical (unpaired) electrons. The van der Waals surface area contributed by atoms with Crippen LogP contribution in [0.3, 0.4) is 0 Å². The number of amides is 1. The molecule has 1 N–H and O–H groups in total. The number of ether oxygens (including phenoxy) is 1. The molecule has 2 saturated heterocycles. The van der Waals surface area contributed by atoms with Crippen molar-refractivity contribution in [1.82, 2.24) is 30.0 Å². The number of hydrogen-bond acceptors (Lipinski definition) is 8. The molecule has 3 aliphatic rings. The number of H-pyrrole nitrogens is 1. The minimum Gasteiger partial charge on any atom is -0.378 e. The topological polar surface area (TPSA) is 90.5 Å². The van der Waals surface area contributed by atoms with E-state index in [1.165, 1.54) is 4.88 Å². The van der Waals surface area contributed by atoms with Crippen molar-refractivity contribution in [2.24, 2.45) is 5.92 Å². The van der Waals surface area contributed by atoms with Gasteiger partial charge in [-0.2, -0.15) is 5.10 Å². The quantitative estimate of drug-likeness (QED) is 0.448. The largest absolute Gasteiger partial charge is 0.378 e. The summed E-state index contributed by atoms with van der Waals surface area (Å²) in [5.74, 6) is 2.39. The lowest BCUT2D eigenvalue weighted by atomic mass is 10.1. The van der Waals surface area contributed by atoms with Gasteiger partial charge in [0, 0.05) is 67.6 Å². The number of nitrogens with one attached hydrogen (secondary N) is 1. The Morgan fingerprint density at radius 3 is 2.72 bits per heavy atom. The molecule has 0 bridgehead atoms. The highest BCUT2D eigenvalue weighted by atomic mass is 32.1. The van der Waals surface area contributed by atoms with E-state index >= 15 is 0 Å². The summed E-state index contributed by atoms with van der Waals surface area (Å²) in [5, 5.41) is 8.31. The summed E-state index contributed by atoms with van der Waals surface area (Å²) in [6, 6.07) is 8.34. The first-order valence-corrected chi connectivity index (χ1v) is 13.6. The van der Waals surface area contributed by atoms with Gasteiger partial charge in [-0.15, -0.1) is 11.3 Å². The Morgan fingerprint density at radius 2 is 1.92 bits per heavy atom. The lowest BCUT2D eigenvalue weighted by molar-refractivity contribution is -0.134. The third kappa shape index (κ3) is 4.12. The van der Waals surface area contributed by atoms with Crippen molar-refractivity contribution in [2.45, 2.75) is 19.4 Å². The maximum absolute atomic E-state index is 12.4. The molecule has 36 heavy (non-hydrogen) atoms. The molecule has 0 atom stereocenters. The molecular formula is C26H29N7O2S. The number of nitrogens with zero attached hydrogens (tertiary/aromatic N) is 6. The van der Waals surface area contributed by atoms with Gasteiger partial charge in [-0.3, -0.25) is 14.8 Å². The standard InChI is InChI=1S/C26H29N7O2S/c34-26(17-4-5-17)33-8-6-31(7-9-33)16-18-14-22-23(36-18)25(32-10-12-35-13-11-32)29-24(28-22)19-2-1-3-21-20(19)15-27-30-21/h1-3,14-15,17H,4-13,16H2,(H,27,30). The fraction of sp³-hybridized carbons (Fsp3) is 0.462. The SMILES string of the molecule is O=C(C1CC1)N1CCN(Cc2cc3nc(-c4cccc5[nH]ncc45)nc(N4CCOCC4)c3s2)CC1. The zero-order valence-corrected chi connectivity index (χ0v) is 21.0. The summed E-state index contributed by atoms with van der Waals surface area (Å²) in [5.41, 5.74) is 2.96. The number of piperazine rings is 1. The van der Waals surface area contributed by atoms with Crippen LogP contribution in [0.15, 0.2) is 30.5 Å². The van der Waals surface area contributed by atoms with Gasteiger partial charge in [0.2, 0.25) is 5.91 Å². The third-order valence-corrected chi connectivity index (χ3v) is 8.54. The lowest BCUT2D eigenvalue weighted by Gasteiger charge is -2.34. The van der Waals surface area contributed by atoms with E-state index in [9.17, 15) is 4.79 Å². The van der Waals surface area contributed by atoms with Gasteiger partial charge in [0.1, 0.15) is 0 Å². The van der Waals surface area contributed by atoms with E-state index < -0.39 is 0 Å². The monoisotopic (exact) mass is 503 g/mol. The Balaban J connectivity index is 1.20. The van der Waals surface area contributed by atoms with Gasteiger partial charge in [0.15, 0.2) is 11.6 Å². The molecule has 1 aliphatic carbocycles. The lowest BCUT2D eigenvalue weighted by Crippen LogP contribution is -2.48. The van der Waals surface area contributed by atoms with Crippen LogP contribution >= 0.6 is 11.3 Å². The minimum absolute atomic E-state index is 0.304. The number of benzene rings is 1. The second-order valence-electron chi connectivity index (χ2n) is 9.91. The molecule has 0 unspecified atom stereocenters. The van der Waals surface area contributed by atoms with E-state index in [4.69, 9.17) is 14.7 Å². The second kappa shape index (κ2) is 9.10. The number of morpholine rings is 1. The maximum Gasteiger partial charge on any atom is 0.225 e.